The topological polar surface area (TPSA) is 91.4 Å². The molecule has 2 aromatic rings. The summed E-state index contributed by atoms with van der Waals surface area (Å²) in [5, 5.41) is 9.50. The number of hydrogen-bond donors (Lipinski definition) is 3. The molecule has 2 heterocycles. The number of ether oxygens (including phenoxy) is 1. The van der Waals surface area contributed by atoms with Crippen LogP contribution in [0.15, 0.2) is 24.4 Å². The first-order chi connectivity index (χ1) is 13.0. The van der Waals surface area contributed by atoms with Crippen LogP contribution in [-0.4, -0.2) is 52.9 Å². The Kier molecular flexibility index (Phi) is 6.97. The first-order valence-corrected chi connectivity index (χ1v) is 9.66. The fraction of sp³-hybridized carbons (Fsp3) is 0.312. The van der Waals surface area contributed by atoms with Crippen molar-refractivity contribution in [1.29, 1.82) is 0 Å². The van der Waals surface area contributed by atoms with Crippen LogP contribution in [-0.2, 0) is 4.74 Å². The molecule has 3 N–H and O–H groups in total. The third kappa shape index (κ3) is 5.60. The van der Waals surface area contributed by atoms with E-state index in [9.17, 15) is 4.79 Å². The average Bonchev–Trinajstić information content (AvgIpc) is 2.66. The second-order valence-electron chi connectivity index (χ2n) is 5.50. The summed E-state index contributed by atoms with van der Waals surface area (Å²) < 4.78 is 7.23. The van der Waals surface area contributed by atoms with Gasteiger partial charge in [0, 0.05) is 37.8 Å². The van der Waals surface area contributed by atoms with E-state index >= 15 is 0 Å². The second kappa shape index (κ2) is 9.43. The lowest BCUT2D eigenvalue weighted by Gasteiger charge is -2.24. The third-order valence-corrected chi connectivity index (χ3v) is 5.25. The Hall–Kier alpha value is -1.78. The van der Waals surface area contributed by atoms with E-state index in [4.69, 9.17) is 27.9 Å². The van der Waals surface area contributed by atoms with Gasteiger partial charge in [0.25, 0.3) is 5.24 Å². The van der Waals surface area contributed by atoms with E-state index in [1.54, 1.807) is 25.2 Å². The number of rotatable bonds is 5. The SMILES string of the molecule is CNc1nc(Nc2ccc(Cl)c(Cl)c2)ncc1NC(=O)SN1CCOCC1. The molecular formula is C16H18Cl2N6O2S. The minimum Gasteiger partial charge on any atom is -0.379 e. The van der Waals surface area contributed by atoms with Gasteiger partial charge in [0.1, 0.15) is 5.69 Å². The maximum absolute atomic E-state index is 12.2. The lowest BCUT2D eigenvalue weighted by Crippen LogP contribution is -2.32. The van der Waals surface area contributed by atoms with Gasteiger partial charge in [0.15, 0.2) is 5.82 Å². The lowest BCUT2D eigenvalue weighted by molar-refractivity contribution is 0.0776. The van der Waals surface area contributed by atoms with E-state index in [0.717, 1.165) is 11.9 Å². The summed E-state index contributed by atoms with van der Waals surface area (Å²) in [7, 11) is 1.72. The molecule has 0 unspecified atom stereocenters. The maximum atomic E-state index is 12.2. The van der Waals surface area contributed by atoms with Crippen molar-refractivity contribution in [2.24, 2.45) is 0 Å². The molecule has 1 fully saturated rings. The van der Waals surface area contributed by atoms with Crippen LogP contribution in [0.5, 0.6) is 0 Å². The van der Waals surface area contributed by atoms with Crippen LogP contribution in [0.3, 0.4) is 0 Å². The number of anilines is 4. The van der Waals surface area contributed by atoms with Gasteiger partial charge in [-0.25, -0.2) is 9.29 Å². The Morgan fingerprint density at radius 2 is 2.04 bits per heavy atom. The molecule has 8 nitrogen and oxygen atoms in total. The molecule has 1 aromatic heterocycles. The van der Waals surface area contributed by atoms with Gasteiger partial charge in [-0.3, -0.25) is 4.79 Å². The molecule has 1 saturated heterocycles. The van der Waals surface area contributed by atoms with Gasteiger partial charge in [-0.05, 0) is 18.2 Å². The highest BCUT2D eigenvalue weighted by atomic mass is 35.5. The first kappa shape index (κ1) is 20.0. The number of aromatic nitrogens is 2. The summed E-state index contributed by atoms with van der Waals surface area (Å²) in [6.07, 6.45) is 1.54. The van der Waals surface area contributed by atoms with Crippen molar-refractivity contribution < 1.29 is 9.53 Å². The molecule has 11 heteroatoms. The Bertz CT molecular complexity index is 819. The molecular weight excluding hydrogens is 411 g/mol. The molecule has 1 aromatic carbocycles. The summed E-state index contributed by atoms with van der Waals surface area (Å²) in [5.41, 5.74) is 1.19. The summed E-state index contributed by atoms with van der Waals surface area (Å²) >= 11 is 13.1. The zero-order valence-corrected chi connectivity index (χ0v) is 16.8. The lowest BCUT2D eigenvalue weighted by atomic mass is 10.3. The van der Waals surface area contributed by atoms with E-state index in [1.807, 2.05) is 4.31 Å². The Labute approximate surface area is 171 Å². The molecule has 0 aliphatic carbocycles. The van der Waals surface area contributed by atoms with Gasteiger partial charge < -0.3 is 20.7 Å². The van der Waals surface area contributed by atoms with E-state index < -0.39 is 0 Å². The van der Waals surface area contributed by atoms with E-state index in [2.05, 4.69) is 25.9 Å². The van der Waals surface area contributed by atoms with Crippen molar-refractivity contribution in [3.8, 4) is 0 Å². The number of carbonyl (C=O) groups is 1. The predicted octanol–water partition coefficient (Wildman–Crippen LogP) is 4.08. The molecule has 0 radical (unpaired) electrons. The van der Waals surface area contributed by atoms with Gasteiger partial charge in [-0.1, -0.05) is 23.2 Å². The van der Waals surface area contributed by atoms with Crippen molar-refractivity contribution in [3.63, 3.8) is 0 Å². The summed E-state index contributed by atoms with van der Waals surface area (Å²) in [5.74, 6) is 0.847. The minimum absolute atomic E-state index is 0.206. The van der Waals surface area contributed by atoms with Crippen molar-refractivity contribution in [1.82, 2.24) is 14.3 Å². The van der Waals surface area contributed by atoms with Crippen molar-refractivity contribution in [2.75, 3.05) is 49.3 Å². The van der Waals surface area contributed by atoms with E-state index in [1.165, 1.54) is 6.20 Å². The molecule has 0 saturated carbocycles. The van der Waals surface area contributed by atoms with Crippen molar-refractivity contribution in [3.05, 3.63) is 34.4 Å². The smallest absolute Gasteiger partial charge is 0.298 e. The van der Waals surface area contributed by atoms with E-state index in [-0.39, 0.29) is 5.24 Å². The number of hydrogen-bond acceptors (Lipinski definition) is 8. The standard InChI is InChI=1S/C16H18Cl2N6O2S/c1-19-14-13(22-16(25)27-24-4-6-26-7-5-24)9-20-15(23-14)21-10-2-3-11(17)12(18)8-10/h2-3,8-9H,4-7H2,1H3,(H,22,25)(H2,19,20,21,23). The second-order valence-corrected chi connectivity index (χ2v) is 7.39. The van der Waals surface area contributed by atoms with Gasteiger partial charge in [-0.2, -0.15) is 4.98 Å². The monoisotopic (exact) mass is 428 g/mol. The number of benzene rings is 1. The van der Waals surface area contributed by atoms with Crippen LogP contribution in [0.1, 0.15) is 0 Å². The van der Waals surface area contributed by atoms with Gasteiger partial charge in [0.2, 0.25) is 5.95 Å². The van der Waals surface area contributed by atoms with Crippen LogP contribution >= 0.6 is 35.1 Å². The van der Waals surface area contributed by atoms with Gasteiger partial charge in [-0.15, -0.1) is 0 Å². The zero-order valence-electron chi connectivity index (χ0n) is 14.5. The highest BCUT2D eigenvalue weighted by Gasteiger charge is 2.17. The Balaban J connectivity index is 1.66. The van der Waals surface area contributed by atoms with Crippen LogP contribution in [0.4, 0.5) is 27.9 Å². The number of nitrogens with one attached hydrogen (secondary N) is 3. The number of amides is 1. The Morgan fingerprint density at radius 3 is 2.74 bits per heavy atom. The van der Waals surface area contributed by atoms with E-state index in [0.29, 0.717) is 59.5 Å². The fourth-order valence-electron chi connectivity index (χ4n) is 2.32. The van der Waals surface area contributed by atoms with Crippen LogP contribution in [0.2, 0.25) is 10.0 Å². The number of morpholine rings is 1. The minimum atomic E-state index is -0.206. The van der Waals surface area contributed by atoms with Crippen LogP contribution in [0.25, 0.3) is 0 Å². The maximum Gasteiger partial charge on any atom is 0.298 e. The number of halogens is 2. The largest absolute Gasteiger partial charge is 0.379 e. The van der Waals surface area contributed by atoms with Crippen LogP contribution < -0.4 is 16.0 Å². The number of nitrogens with zero attached hydrogens (tertiary/aromatic N) is 3. The van der Waals surface area contributed by atoms with Crippen LogP contribution in [0, 0.1) is 0 Å². The Morgan fingerprint density at radius 1 is 1.26 bits per heavy atom. The van der Waals surface area contributed by atoms with Crippen molar-refractivity contribution >= 4 is 63.5 Å². The summed E-state index contributed by atoms with van der Waals surface area (Å²) in [4.78, 5) is 20.8. The van der Waals surface area contributed by atoms with Gasteiger partial charge in [0.05, 0.1) is 29.5 Å². The molecule has 3 rings (SSSR count). The molecule has 27 heavy (non-hydrogen) atoms. The first-order valence-electron chi connectivity index (χ1n) is 8.13. The normalized spacial score (nSPS) is 14.6. The molecule has 0 bridgehead atoms. The number of carbonyl (C=O) groups excluding carboxylic acids is 1. The zero-order chi connectivity index (χ0) is 19.2. The highest BCUT2D eigenvalue weighted by molar-refractivity contribution is 8.11. The van der Waals surface area contributed by atoms with Crippen molar-refractivity contribution in [2.45, 2.75) is 0 Å². The predicted molar refractivity (Wildman–Crippen MR) is 110 cm³/mol. The molecule has 1 aliphatic rings. The molecule has 0 spiro atoms. The van der Waals surface area contributed by atoms with Gasteiger partial charge >= 0.3 is 0 Å². The molecule has 0 atom stereocenters. The average molecular weight is 429 g/mol. The summed E-state index contributed by atoms with van der Waals surface area (Å²) in [6, 6.07) is 5.13. The molecule has 1 amide bonds. The quantitative estimate of drug-likeness (QED) is 0.613. The highest BCUT2D eigenvalue weighted by Crippen LogP contribution is 2.27. The molecule has 144 valence electrons. The molecule has 1 aliphatic heterocycles. The summed E-state index contributed by atoms with van der Waals surface area (Å²) in [6.45, 7) is 2.67. The third-order valence-electron chi connectivity index (χ3n) is 3.62. The fourth-order valence-corrected chi connectivity index (χ4v) is 3.33.